The number of Topliss-reactive ketones (excluding diaryl/α,β-unsaturated/α-hetero) is 1. The van der Waals surface area contributed by atoms with Crippen LogP contribution in [-0.2, 0) is 23.9 Å². The van der Waals surface area contributed by atoms with E-state index in [-0.39, 0.29) is 29.1 Å². The molecule has 1 heterocycles. The van der Waals surface area contributed by atoms with Crippen LogP contribution in [0.4, 0.5) is 4.79 Å². The molecule has 10 nitrogen and oxygen atoms in total. The van der Waals surface area contributed by atoms with Crippen molar-refractivity contribution in [3.63, 3.8) is 0 Å². The van der Waals surface area contributed by atoms with Gasteiger partial charge in [0.25, 0.3) is 5.91 Å². The highest BCUT2D eigenvalue weighted by atomic mass is 16.6. The monoisotopic (exact) mass is 506 g/mol. The Hall–Kier alpha value is -2.65. The predicted octanol–water partition coefficient (Wildman–Crippen LogP) is 1.75. The van der Waals surface area contributed by atoms with E-state index in [0.29, 0.717) is 13.0 Å². The Morgan fingerprint density at radius 3 is 2.08 bits per heavy atom. The number of amides is 4. The summed E-state index contributed by atoms with van der Waals surface area (Å²) in [5.41, 5.74) is 3.70. The maximum Gasteiger partial charge on any atom is 0.408 e. The molecule has 4 amide bonds. The van der Waals surface area contributed by atoms with Crippen LogP contribution in [0, 0.1) is 28.6 Å². The van der Waals surface area contributed by atoms with E-state index in [2.05, 4.69) is 24.5 Å². The van der Waals surface area contributed by atoms with Gasteiger partial charge in [0.1, 0.15) is 17.7 Å². The second-order valence-electron chi connectivity index (χ2n) is 13.3. The minimum atomic E-state index is -1.08. The molecule has 10 heteroatoms. The second kappa shape index (κ2) is 9.34. The van der Waals surface area contributed by atoms with E-state index in [1.165, 1.54) is 4.90 Å². The van der Waals surface area contributed by atoms with Gasteiger partial charge >= 0.3 is 6.09 Å². The topological polar surface area (TPSA) is 148 Å². The van der Waals surface area contributed by atoms with Crippen LogP contribution in [0.3, 0.4) is 0 Å². The zero-order valence-electron chi connectivity index (χ0n) is 22.8. The number of primary amides is 1. The Morgan fingerprint density at radius 1 is 1.03 bits per heavy atom. The second-order valence-corrected chi connectivity index (χ2v) is 13.3. The van der Waals surface area contributed by atoms with Crippen LogP contribution in [0.1, 0.15) is 74.7 Å². The summed E-state index contributed by atoms with van der Waals surface area (Å²) >= 11 is 0. The molecule has 5 atom stereocenters. The molecule has 2 unspecified atom stereocenters. The van der Waals surface area contributed by atoms with Crippen LogP contribution in [0.5, 0.6) is 0 Å². The molecule has 3 rings (SSSR count). The van der Waals surface area contributed by atoms with Crippen molar-refractivity contribution in [3.8, 4) is 0 Å². The van der Waals surface area contributed by atoms with Crippen molar-refractivity contribution in [2.45, 2.75) is 98.4 Å². The number of carbonyl (C=O) groups is 5. The Bertz CT molecular complexity index is 943. The smallest absolute Gasteiger partial charge is 0.408 e. The molecule has 0 radical (unpaired) electrons. The SMILES string of the molecule is CC(C)(C)OC(=O)N[C@H](C(=O)N1C[C@H]2[C@@H](C1C(=O)NC(CC1CC1)C(=O)C(N)=O)C2(C)C)C(C)(C)C. The van der Waals surface area contributed by atoms with Gasteiger partial charge in [0.05, 0.1) is 6.04 Å². The van der Waals surface area contributed by atoms with Crippen molar-refractivity contribution in [1.82, 2.24) is 15.5 Å². The van der Waals surface area contributed by atoms with E-state index in [4.69, 9.17) is 10.5 Å². The van der Waals surface area contributed by atoms with Crippen LogP contribution < -0.4 is 16.4 Å². The lowest BCUT2D eigenvalue weighted by Crippen LogP contribution is -2.60. The third kappa shape index (κ3) is 6.00. The van der Waals surface area contributed by atoms with Gasteiger partial charge in [0.15, 0.2) is 0 Å². The summed E-state index contributed by atoms with van der Waals surface area (Å²) in [6.45, 7) is 15.2. The van der Waals surface area contributed by atoms with Gasteiger partial charge in [0.2, 0.25) is 17.6 Å². The number of rotatable bonds is 8. The molecule has 0 aromatic rings. The van der Waals surface area contributed by atoms with E-state index in [0.717, 1.165) is 12.8 Å². The molecule has 0 aromatic carbocycles. The number of hydrogen-bond acceptors (Lipinski definition) is 6. The van der Waals surface area contributed by atoms with Gasteiger partial charge in [-0.25, -0.2) is 4.79 Å². The number of alkyl carbamates (subject to hydrolysis) is 1. The van der Waals surface area contributed by atoms with Gasteiger partial charge < -0.3 is 26.0 Å². The number of nitrogens with one attached hydrogen (secondary N) is 2. The number of likely N-dealkylation sites (tertiary alicyclic amines) is 1. The molecule has 3 fully saturated rings. The largest absolute Gasteiger partial charge is 0.444 e. The first-order chi connectivity index (χ1) is 16.3. The van der Waals surface area contributed by atoms with E-state index in [1.807, 2.05) is 20.8 Å². The Morgan fingerprint density at radius 2 is 1.61 bits per heavy atom. The summed E-state index contributed by atoms with van der Waals surface area (Å²) < 4.78 is 5.38. The van der Waals surface area contributed by atoms with Gasteiger partial charge in [-0.05, 0) is 55.8 Å². The van der Waals surface area contributed by atoms with E-state index in [1.54, 1.807) is 20.8 Å². The van der Waals surface area contributed by atoms with Crippen molar-refractivity contribution in [1.29, 1.82) is 0 Å². The van der Waals surface area contributed by atoms with Crippen molar-refractivity contribution in [2.24, 2.45) is 34.3 Å². The molecule has 0 bridgehead atoms. The lowest BCUT2D eigenvalue weighted by Gasteiger charge is -2.38. The minimum absolute atomic E-state index is 0.0890. The predicted molar refractivity (Wildman–Crippen MR) is 132 cm³/mol. The van der Waals surface area contributed by atoms with Crippen LogP contribution in [0.15, 0.2) is 0 Å². The van der Waals surface area contributed by atoms with Crippen molar-refractivity contribution in [2.75, 3.05) is 6.54 Å². The minimum Gasteiger partial charge on any atom is -0.444 e. The van der Waals surface area contributed by atoms with Crippen LogP contribution >= 0.6 is 0 Å². The summed E-state index contributed by atoms with van der Waals surface area (Å²) in [6.07, 6.45) is 1.52. The number of carbonyl (C=O) groups excluding carboxylic acids is 5. The lowest BCUT2D eigenvalue weighted by molar-refractivity contribution is -0.145. The van der Waals surface area contributed by atoms with E-state index >= 15 is 0 Å². The first kappa shape index (κ1) is 27.9. The fourth-order valence-electron chi connectivity index (χ4n) is 5.40. The van der Waals surface area contributed by atoms with Gasteiger partial charge in [0, 0.05) is 6.54 Å². The maximum atomic E-state index is 13.8. The van der Waals surface area contributed by atoms with Crippen LogP contribution in [0.2, 0.25) is 0 Å². The number of piperidine rings is 1. The molecule has 1 saturated heterocycles. The number of ether oxygens (including phenoxy) is 1. The number of hydrogen-bond donors (Lipinski definition) is 3. The quantitative estimate of drug-likeness (QED) is 0.427. The molecule has 36 heavy (non-hydrogen) atoms. The van der Waals surface area contributed by atoms with Gasteiger partial charge in [-0.15, -0.1) is 0 Å². The molecule has 2 saturated carbocycles. The summed E-state index contributed by atoms with van der Waals surface area (Å²) in [5, 5.41) is 5.45. The Labute approximate surface area is 213 Å². The Kier molecular flexibility index (Phi) is 7.24. The molecule has 1 aliphatic heterocycles. The average molecular weight is 507 g/mol. The van der Waals surface area contributed by atoms with Crippen molar-refractivity contribution < 1.29 is 28.7 Å². The standard InChI is InChI=1S/C26H42N4O6/c1-24(2,3)19(29-23(35)36-25(4,5)6)22(34)30-12-14-16(26(14,7)8)17(30)21(33)28-15(11-13-9-10-13)18(31)20(27)32/h13-17,19H,9-12H2,1-8H3,(H2,27,32)(H,28,33)(H,29,35)/t14-,15?,16-,17?,19+/m0/s1. The molecular formula is C26H42N4O6. The fourth-order valence-corrected chi connectivity index (χ4v) is 5.40. The molecule has 202 valence electrons. The van der Waals surface area contributed by atoms with E-state index < -0.39 is 52.8 Å². The van der Waals surface area contributed by atoms with Gasteiger partial charge in [-0.3, -0.25) is 19.2 Å². The van der Waals surface area contributed by atoms with Crippen LogP contribution in [0.25, 0.3) is 0 Å². The number of nitrogens with two attached hydrogens (primary N) is 1. The third-order valence-corrected chi connectivity index (χ3v) is 7.68. The zero-order valence-corrected chi connectivity index (χ0v) is 22.8. The maximum absolute atomic E-state index is 13.8. The number of nitrogens with zero attached hydrogens (tertiary/aromatic N) is 1. The van der Waals surface area contributed by atoms with Gasteiger partial charge in [-0.1, -0.05) is 47.5 Å². The molecule has 0 aromatic heterocycles. The first-order valence-corrected chi connectivity index (χ1v) is 12.8. The molecular weight excluding hydrogens is 464 g/mol. The first-order valence-electron chi connectivity index (χ1n) is 12.8. The lowest BCUT2D eigenvalue weighted by atomic mass is 9.85. The number of ketones is 1. The Balaban J connectivity index is 1.83. The summed E-state index contributed by atoms with van der Waals surface area (Å²) in [7, 11) is 0. The molecule has 3 aliphatic rings. The number of fused-ring (bicyclic) bond motifs is 1. The third-order valence-electron chi connectivity index (χ3n) is 7.68. The van der Waals surface area contributed by atoms with Crippen LogP contribution in [-0.4, -0.2) is 64.8 Å². The normalized spacial score (nSPS) is 26.3. The summed E-state index contributed by atoms with van der Waals surface area (Å²) in [5.74, 6) is -2.45. The van der Waals surface area contributed by atoms with Gasteiger partial charge in [-0.2, -0.15) is 0 Å². The highest BCUT2D eigenvalue weighted by molar-refractivity contribution is 6.37. The highest BCUT2D eigenvalue weighted by Crippen LogP contribution is 2.65. The highest BCUT2D eigenvalue weighted by Gasteiger charge is 2.70. The molecule has 2 aliphatic carbocycles. The molecule has 4 N–H and O–H groups in total. The molecule has 0 spiro atoms. The summed E-state index contributed by atoms with van der Waals surface area (Å²) in [4.78, 5) is 65.5. The van der Waals surface area contributed by atoms with Crippen molar-refractivity contribution in [3.05, 3.63) is 0 Å². The summed E-state index contributed by atoms with van der Waals surface area (Å²) in [6, 6.07) is -2.75. The van der Waals surface area contributed by atoms with E-state index in [9.17, 15) is 24.0 Å². The zero-order chi connectivity index (χ0) is 27.4. The average Bonchev–Trinajstić information content (AvgIpc) is 3.55. The van der Waals surface area contributed by atoms with Crippen molar-refractivity contribution >= 4 is 29.6 Å². The fraction of sp³-hybridized carbons (Fsp3) is 0.808.